The van der Waals surface area contributed by atoms with E-state index in [-0.39, 0.29) is 0 Å². The fourth-order valence-corrected chi connectivity index (χ4v) is 2.23. The molecule has 0 saturated heterocycles. The molecular formula is C11H9F15O3S. The minimum Gasteiger partial charge on any atom is -0.281 e. The smallest absolute Gasteiger partial charge is 0.281 e. The molecule has 0 bridgehead atoms. The van der Waals surface area contributed by atoms with E-state index in [1.807, 2.05) is 0 Å². The maximum Gasteiger partial charge on any atom is 0.438 e. The first-order chi connectivity index (χ1) is 12.7. The van der Waals surface area contributed by atoms with Crippen molar-refractivity contribution in [3.63, 3.8) is 0 Å². The Morgan fingerprint density at radius 1 is 0.667 bits per heavy atom. The van der Waals surface area contributed by atoms with Crippen molar-refractivity contribution in [3.05, 3.63) is 0 Å². The first-order valence-corrected chi connectivity index (χ1v) is 8.43. The van der Waals surface area contributed by atoms with Crippen LogP contribution in [0.15, 0.2) is 0 Å². The first-order valence-electron chi connectivity index (χ1n) is 6.99. The Morgan fingerprint density at radius 2 is 0.967 bits per heavy atom. The van der Waals surface area contributed by atoms with Crippen molar-refractivity contribution in [2.75, 3.05) is 0 Å². The maximum atomic E-state index is 13.4. The van der Waals surface area contributed by atoms with Crippen molar-refractivity contribution < 1.29 is 78.8 Å². The summed E-state index contributed by atoms with van der Waals surface area (Å²) >= 11 is 0. The molecule has 0 spiro atoms. The molecule has 0 heterocycles. The Kier molecular flexibility index (Phi) is 7.19. The topological polar surface area (TPSA) is 54.4 Å². The molecule has 0 aromatic heterocycles. The van der Waals surface area contributed by atoms with Gasteiger partial charge in [0, 0.05) is 0 Å². The molecule has 19 heteroatoms. The second kappa shape index (κ2) is 7.47. The summed E-state index contributed by atoms with van der Waals surface area (Å²) in [4.78, 5) is 0. The summed E-state index contributed by atoms with van der Waals surface area (Å²) in [5.74, 6) is -48.5. The van der Waals surface area contributed by atoms with Crippen LogP contribution in [0.1, 0.15) is 19.8 Å². The van der Waals surface area contributed by atoms with E-state index in [4.69, 9.17) is 4.55 Å². The maximum absolute atomic E-state index is 13.4. The monoisotopic (exact) mass is 506 g/mol. The standard InChI is InChI=1S/C11H9F15O3S/c1-2-3-4(12)5(13,14)6(15,16)7(17,18)8(19,20)9(21,22)10(23,24)11(25,26)30(27,28)29/h4H,2-3H2,1H3,(H,27,28,29). The normalized spacial score (nSPS) is 17.2. The molecule has 3 nitrogen and oxygen atoms in total. The SMILES string of the molecule is CCCC(F)C(F)(F)C(F)(F)C(F)(F)C(F)(F)C(F)(F)C(F)(F)C(F)(F)S(=O)(=O)O. The fourth-order valence-electron chi connectivity index (χ4n) is 1.78. The van der Waals surface area contributed by atoms with E-state index in [0.717, 1.165) is 6.92 Å². The van der Waals surface area contributed by atoms with Crippen LogP contribution < -0.4 is 0 Å². The van der Waals surface area contributed by atoms with E-state index >= 15 is 0 Å². The molecule has 0 aliphatic rings. The molecule has 0 rings (SSSR count). The first kappa shape index (κ1) is 28.9. The molecule has 0 saturated carbocycles. The third kappa shape index (κ3) is 3.58. The van der Waals surface area contributed by atoms with Crippen molar-refractivity contribution >= 4 is 10.1 Å². The van der Waals surface area contributed by atoms with Gasteiger partial charge in [-0.3, -0.25) is 4.55 Å². The molecule has 0 fully saturated rings. The van der Waals surface area contributed by atoms with Crippen molar-refractivity contribution in [1.29, 1.82) is 0 Å². The predicted octanol–water partition coefficient (Wildman–Crippen LogP) is 5.42. The lowest BCUT2D eigenvalue weighted by Crippen LogP contribution is -2.74. The summed E-state index contributed by atoms with van der Waals surface area (Å²) in [5, 5.41) is -7.69. The van der Waals surface area contributed by atoms with Crippen molar-refractivity contribution in [1.82, 2.24) is 0 Å². The van der Waals surface area contributed by atoms with Gasteiger partial charge in [-0.05, 0) is 6.42 Å². The van der Waals surface area contributed by atoms with Gasteiger partial charge in [0.05, 0.1) is 0 Å². The molecule has 1 atom stereocenters. The Morgan fingerprint density at radius 3 is 1.27 bits per heavy atom. The second-order valence-electron chi connectivity index (χ2n) is 5.74. The van der Waals surface area contributed by atoms with Crippen LogP contribution in [0, 0.1) is 0 Å². The van der Waals surface area contributed by atoms with Gasteiger partial charge >= 0.3 is 50.9 Å². The highest BCUT2D eigenvalue weighted by Gasteiger charge is 2.94. The molecular weight excluding hydrogens is 497 g/mol. The average molecular weight is 506 g/mol. The quantitative estimate of drug-likeness (QED) is 0.318. The minimum absolute atomic E-state index is 0.791. The van der Waals surface area contributed by atoms with Gasteiger partial charge in [0.2, 0.25) is 0 Å². The van der Waals surface area contributed by atoms with E-state index in [0.29, 0.717) is 0 Å². The number of halogens is 15. The van der Waals surface area contributed by atoms with Crippen LogP contribution in [-0.2, 0) is 10.1 Å². The highest BCUT2D eigenvalue weighted by Crippen LogP contribution is 2.63. The zero-order valence-electron chi connectivity index (χ0n) is 13.8. The molecule has 1 N–H and O–H groups in total. The lowest BCUT2D eigenvalue weighted by atomic mass is 9.89. The minimum atomic E-state index is -8.55. The molecule has 1 unspecified atom stereocenters. The Bertz CT molecular complexity index is 730. The number of rotatable bonds is 10. The molecule has 0 aliphatic heterocycles. The molecule has 30 heavy (non-hydrogen) atoms. The van der Waals surface area contributed by atoms with Crippen molar-refractivity contribution in [2.45, 2.75) is 66.7 Å². The summed E-state index contributed by atoms with van der Waals surface area (Å²) in [6.07, 6.45) is -6.96. The lowest BCUT2D eigenvalue weighted by molar-refractivity contribution is -0.439. The molecule has 0 amide bonds. The summed E-state index contributed by atoms with van der Waals surface area (Å²) in [5.41, 5.74) is 0. The summed E-state index contributed by atoms with van der Waals surface area (Å²) < 4.78 is 226. The molecule has 182 valence electrons. The summed E-state index contributed by atoms with van der Waals surface area (Å²) in [6.45, 7) is 0.791. The third-order valence-electron chi connectivity index (χ3n) is 3.62. The van der Waals surface area contributed by atoms with E-state index in [1.165, 1.54) is 0 Å². The van der Waals surface area contributed by atoms with Crippen LogP contribution in [0.25, 0.3) is 0 Å². The Hall–Kier alpha value is -1.14. The number of alkyl halides is 15. The highest BCUT2D eigenvalue weighted by atomic mass is 32.2. The third-order valence-corrected chi connectivity index (χ3v) is 4.53. The van der Waals surface area contributed by atoms with Crippen LogP contribution in [-0.4, -0.2) is 59.9 Å². The van der Waals surface area contributed by atoms with Gasteiger partial charge in [0.25, 0.3) is 0 Å². The van der Waals surface area contributed by atoms with E-state index in [1.54, 1.807) is 0 Å². The van der Waals surface area contributed by atoms with Crippen LogP contribution in [0.4, 0.5) is 65.9 Å². The lowest BCUT2D eigenvalue weighted by Gasteiger charge is -2.42. The van der Waals surface area contributed by atoms with E-state index in [9.17, 15) is 74.3 Å². The summed E-state index contributed by atoms with van der Waals surface area (Å²) in [6, 6.07) is 0. The van der Waals surface area contributed by atoms with Gasteiger partial charge in [-0.2, -0.15) is 69.9 Å². The zero-order chi connectivity index (χ0) is 25.0. The Labute approximate surface area is 157 Å². The average Bonchev–Trinajstić information content (AvgIpc) is 2.52. The van der Waals surface area contributed by atoms with E-state index in [2.05, 4.69) is 0 Å². The van der Waals surface area contributed by atoms with Crippen molar-refractivity contribution in [3.8, 4) is 0 Å². The van der Waals surface area contributed by atoms with Crippen LogP contribution >= 0.6 is 0 Å². The van der Waals surface area contributed by atoms with Gasteiger partial charge in [0.15, 0.2) is 6.17 Å². The zero-order valence-corrected chi connectivity index (χ0v) is 14.6. The van der Waals surface area contributed by atoms with Crippen LogP contribution in [0.3, 0.4) is 0 Å². The van der Waals surface area contributed by atoms with Gasteiger partial charge in [-0.1, -0.05) is 13.3 Å². The van der Waals surface area contributed by atoms with Gasteiger partial charge in [-0.15, -0.1) is 0 Å². The summed E-state index contributed by atoms with van der Waals surface area (Å²) in [7, 11) is -7.77. The fraction of sp³-hybridized carbons (Fsp3) is 1.00. The van der Waals surface area contributed by atoms with Crippen LogP contribution in [0.2, 0.25) is 0 Å². The molecule has 0 aliphatic carbocycles. The highest BCUT2D eigenvalue weighted by molar-refractivity contribution is 7.87. The Balaban J connectivity index is 6.77. The van der Waals surface area contributed by atoms with Gasteiger partial charge < -0.3 is 0 Å². The van der Waals surface area contributed by atoms with Crippen molar-refractivity contribution in [2.24, 2.45) is 0 Å². The largest absolute Gasteiger partial charge is 0.438 e. The number of hydrogen-bond acceptors (Lipinski definition) is 2. The van der Waals surface area contributed by atoms with Crippen LogP contribution in [0.5, 0.6) is 0 Å². The molecule has 0 radical (unpaired) electrons. The van der Waals surface area contributed by atoms with Gasteiger partial charge in [0.1, 0.15) is 0 Å². The molecule has 0 aromatic carbocycles. The number of hydrogen-bond donors (Lipinski definition) is 1. The molecule has 0 aromatic rings. The van der Waals surface area contributed by atoms with Gasteiger partial charge in [-0.25, -0.2) is 4.39 Å². The predicted molar refractivity (Wildman–Crippen MR) is 66.0 cm³/mol. The second-order valence-corrected chi connectivity index (χ2v) is 7.21. The van der Waals surface area contributed by atoms with E-state index < -0.39 is 69.9 Å².